The molecule has 13 heavy (non-hydrogen) atoms. The third-order valence-corrected chi connectivity index (χ3v) is 2.99. The van der Waals surface area contributed by atoms with E-state index in [9.17, 15) is 4.79 Å². The first kappa shape index (κ1) is 10.3. The summed E-state index contributed by atoms with van der Waals surface area (Å²) < 4.78 is 0. The molecule has 0 aromatic rings. The van der Waals surface area contributed by atoms with Gasteiger partial charge in [0, 0.05) is 13.1 Å². The van der Waals surface area contributed by atoms with Crippen molar-refractivity contribution in [1.29, 1.82) is 0 Å². The molecule has 1 heterocycles. The van der Waals surface area contributed by atoms with Crippen LogP contribution in [0.25, 0.3) is 0 Å². The minimum Gasteiger partial charge on any atom is -0.342 e. The SMILES string of the molecule is C=C(C)C(C)(C)C(=O)N1CCCC1. The summed E-state index contributed by atoms with van der Waals surface area (Å²) in [6.45, 7) is 11.6. The second-order valence-corrected chi connectivity index (χ2v) is 4.40. The number of nitrogens with zero attached hydrogens (tertiary/aromatic N) is 1. The predicted octanol–water partition coefficient (Wildman–Crippen LogP) is 2.21. The number of hydrogen-bond acceptors (Lipinski definition) is 1. The van der Waals surface area contributed by atoms with E-state index in [2.05, 4.69) is 6.58 Å². The molecule has 2 heteroatoms. The molecule has 1 amide bonds. The minimum absolute atomic E-state index is 0.234. The molecule has 2 nitrogen and oxygen atoms in total. The molecule has 0 aromatic heterocycles. The Morgan fingerprint density at radius 2 is 1.77 bits per heavy atom. The highest BCUT2D eigenvalue weighted by atomic mass is 16.2. The summed E-state index contributed by atoms with van der Waals surface area (Å²) >= 11 is 0. The molecule has 0 bridgehead atoms. The van der Waals surface area contributed by atoms with Crippen molar-refractivity contribution in [2.45, 2.75) is 33.6 Å². The lowest BCUT2D eigenvalue weighted by atomic mass is 9.84. The van der Waals surface area contributed by atoms with Gasteiger partial charge in [-0.15, -0.1) is 0 Å². The molecular formula is C11H19NO. The molecule has 0 N–H and O–H groups in total. The Morgan fingerprint density at radius 1 is 1.31 bits per heavy atom. The van der Waals surface area contributed by atoms with Gasteiger partial charge in [0.05, 0.1) is 5.41 Å². The van der Waals surface area contributed by atoms with Gasteiger partial charge in [-0.2, -0.15) is 0 Å². The molecule has 1 aliphatic heterocycles. The quantitative estimate of drug-likeness (QED) is 0.598. The second kappa shape index (κ2) is 3.52. The average Bonchev–Trinajstić information content (AvgIpc) is 2.54. The van der Waals surface area contributed by atoms with Crippen LogP contribution in [0.1, 0.15) is 33.6 Å². The van der Waals surface area contributed by atoms with E-state index in [1.54, 1.807) is 0 Å². The van der Waals surface area contributed by atoms with Gasteiger partial charge >= 0.3 is 0 Å². The van der Waals surface area contributed by atoms with E-state index in [1.165, 1.54) is 0 Å². The van der Waals surface area contributed by atoms with Crippen LogP contribution < -0.4 is 0 Å². The first-order valence-corrected chi connectivity index (χ1v) is 4.91. The molecule has 0 unspecified atom stereocenters. The largest absolute Gasteiger partial charge is 0.342 e. The fraction of sp³-hybridized carbons (Fsp3) is 0.727. The van der Waals surface area contributed by atoms with Crippen LogP contribution in [0.15, 0.2) is 12.2 Å². The van der Waals surface area contributed by atoms with Crippen LogP contribution in [0.2, 0.25) is 0 Å². The molecule has 0 atom stereocenters. The van der Waals surface area contributed by atoms with Gasteiger partial charge in [-0.25, -0.2) is 0 Å². The van der Waals surface area contributed by atoms with Crippen LogP contribution in [-0.4, -0.2) is 23.9 Å². The summed E-state index contributed by atoms with van der Waals surface area (Å²) in [7, 11) is 0. The van der Waals surface area contributed by atoms with Crippen LogP contribution in [0.5, 0.6) is 0 Å². The lowest BCUT2D eigenvalue weighted by Crippen LogP contribution is -2.39. The Morgan fingerprint density at radius 3 is 2.15 bits per heavy atom. The van der Waals surface area contributed by atoms with Gasteiger partial charge in [0.1, 0.15) is 0 Å². The maximum absolute atomic E-state index is 12.0. The van der Waals surface area contributed by atoms with Gasteiger partial charge in [-0.1, -0.05) is 12.2 Å². The van der Waals surface area contributed by atoms with Crippen molar-refractivity contribution in [1.82, 2.24) is 4.90 Å². The van der Waals surface area contributed by atoms with Gasteiger partial charge in [-0.3, -0.25) is 4.79 Å². The summed E-state index contributed by atoms with van der Waals surface area (Å²) in [5.41, 5.74) is 0.564. The summed E-state index contributed by atoms with van der Waals surface area (Å²) in [6.07, 6.45) is 2.30. The Labute approximate surface area is 80.6 Å². The normalized spacial score (nSPS) is 17.6. The van der Waals surface area contributed by atoms with Crippen molar-refractivity contribution in [3.63, 3.8) is 0 Å². The third-order valence-electron chi connectivity index (χ3n) is 2.99. The van der Waals surface area contributed by atoms with Gasteiger partial charge in [0.25, 0.3) is 0 Å². The van der Waals surface area contributed by atoms with Crippen LogP contribution in [0, 0.1) is 5.41 Å². The van der Waals surface area contributed by atoms with Crippen molar-refractivity contribution in [2.24, 2.45) is 5.41 Å². The van der Waals surface area contributed by atoms with Crippen molar-refractivity contribution >= 4 is 5.91 Å². The van der Waals surface area contributed by atoms with E-state index in [-0.39, 0.29) is 11.3 Å². The van der Waals surface area contributed by atoms with E-state index in [4.69, 9.17) is 0 Å². The third kappa shape index (κ3) is 1.93. The van der Waals surface area contributed by atoms with E-state index in [1.807, 2.05) is 25.7 Å². The topological polar surface area (TPSA) is 20.3 Å². The summed E-state index contributed by atoms with van der Waals surface area (Å²) in [4.78, 5) is 13.9. The van der Waals surface area contributed by atoms with Crippen LogP contribution in [-0.2, 0) is 4.79 Å². The summed E-state index contributed by atoms with van der Waals surface area (Å²) in [6, 6.07) is 0. The molecule has 0 saturated carbocycles. The number of carbonyl (C=O) groups excluding carboxylic acids is 1. The lowest BCUT2D eigenvalue weighted by Gasteiger charge is -2.29. The molecule has 0 aromatic carbocycles. The maximum Gasteiger partial charge on any atom is 0.232 e. The number of rotatable bonds is 2. The highest BCUT2D eigenvalue weighted by Crippen LogP contribution is 2.28. The van der Waals surface area contributed by atoms with E-state index in [0.717, 1.165) is 31.5 Å². The molecule has 1 saturated heterocycles. The van der Waals surface area contributed by atoms with E-state index < -0.39 is 0 Å². The minimum atomic E-state index is -0.385. The van der Waals surface area contributed by atoms with Gasteiger partial charge in [-0.05, 0) is 33.6 Å². The highest BCUT2D eigenvalue weighted by Gasteiger charge is 2.33. The van der Waals surface area contributed by atoms with Crippen molar-refractivity contribution in [2.75, 3.05) is 13.1 Å². The smallest absolute Gasteiger partial charge is 0.232 e. The first-order valence-electron chi connectivity index (χ1n) is 4.91. The number of carbonyl (C=O) groups is 1. The molecule has 0 radical (unpaired) electrons. The number of likely N-dealkylation sites (tertiary alicyclic amines) is 1. The number of hydrogen-bond donors (Lipinski definition) is 0. The van der Waals surface area contributed by atoms with E-state index in [0.29, 0.717) is 0 Å². The second-order valence-electron chi connectivity index (χ2n) is 4.40. The average molecular weight is 181 g/mol. The van der Waals surface area contributed by atoms with Crippen molar-refractivity contribution in [3.8, 4) is 0 Å². The Balaban J connectivity index is 2.70. The first-order chi connectivity index (χ1) is 5.96. The van der Waals surface area contributed by atoms with Crippen molar-refractivity contribution in [3.05, 3.63) is 12.2 Å². The lowest BCUT2D eigenvalue weighted by molar-refractivity contribution is -0.137. The zero-order valence-electron chi connectivity index (χ0n) is 8.89. The molecule has 0 spiro atoms. The Bertz CT molecular complexity index is 224. The van der Waals surface area contributed by atoms with Crippen LogP contribution in [0.4, 0.5) is 0 Å². The Kier molecular flexibility index (Phi) is 2.79. The van der Waals surface area contributed by atoms with Crippen LogP contribution in [0.3, 0.4) is 0 Å². The van der Waals surface area contributed by atoms with Gasteiger partial charge in [0.15, 0.2) is 0 Å². The standard InChI is InChI=1S/C11H19NO/c1-9(2)11(3,4)10(13)12-7-5-6-8-12/h1,5-8H2,2-4H3. The number of amides is 1. The van der Waals surface area contributed by atoms with Gasteiger partial charge in [0.2, 0.25) is 5.91 Å². The highest BCUT2D eigenvalue weighted by molar-refractivity contribution is 5.85. The monoisotopic (exact) mass is 181 g/mol. The summed E-state index contributed by atoms with van der Waals surface area (Å²) in [5, 5.41) is 0. The fourth-order valence-electron chi connectivity index (χ4n) is 1.50. The van der Waals surface area contributed by atoms with Crippen molar-refractivity contribution < 1.29 is 4.79 Å². The molecule has 1 rings (SSSR count). The van der Waals surface area contributed by atoms with Gasteiger partial charge < -0.3 is 4.90 Å². The predicted molar refractivity (Wildman–Crippen MR) is 54.4 cm³/mol. The molecule has 0 aliphatic carbocycles. The molecule has 1 aliphatic rings. The zero-order valence-corrected chi connectivity index (χ0v) is 8.89. The molecule has 1 fully saturated rings. The van der Waals surface area contributed by atoms with Crippen LogP contribution >= 0.6 is 0 Å². The van der Waals surface area contributed by atoms with E-state index >= 15 is 0 Å². The molecule has 74 valence electrons. The summed E-state index contributed by atoms with van der Waals surface area (Å²) in [5.74, 6) is 0.234. The Hall–Kier alpha value is -0.790. The fourth-order valence-corrected chi connectivity index (χ4v) is 1.50. The zero-order chi connectivity index (χ0) is 10.1. The maximum atomic E-state index is 12.0. The molecular weight excluding hydrogens is 162 g/mol.